The molecule has 6 rings (SSSR count). The van der Waals surface area contributed by atoms with Crippen molar-refractivity contribution in [3.05, 3.63) is 108 Å². The molecule has 154 valence electrons. The van der Waals surface area contributed by atoms with Crippen LogP contribution in [0.4, 0.5) is 0 Å². The molecule has 0 heterocycles. The molecule has 0 N–H and O–H groups in total. The van der Waals surface area contributed by atoms with Crippen LogP contribution in [0.25, 0.3) is 32.3 Å². The SMILES string of the molecule is CCCc1cccc2ccccc12.c1ccc2c(c1)ccc1c3c(ccc12)CCCC3. The van der Waals surface area contributed by atoms with Crippen molar-refractivity contribution in [1.82, 2.24) is 0 Å². The average Bonchev–Trinajstić information content (AvgIpc) is 2.84. The van der Waals surface area contributed by atoms with Crippen LogP contribution in [-0.4, -0.2) is 0 Å². The van der Waals surface area contributed by atoms with Gasteiger partial charge in [-0.1, -0.05) is 104 Å². The summed E-state index contributed by atoms with van der Waals surface area (Å²) in [5.41, 5.74) is 4.65. The largest absolute Gasteiger partial charge is 0.0651 e. The maximum atomic E-state index is 2.35. The summed E-state index contributed by atoms with van der Waals surface area (Å²) in [5, 5.41) is 8.41. The standard InChI is InChI=1S/C18H16.C13H14/c1-3-7-15-13(5-1)9-11-18-16-8-4-2-6-14(16)10-12-17(15)18;1-2-6-11-8-5-9-12-7-3-4-10-13(11)12/h1,3,5,7,9-12H,2,4,6,8H2;3-5,7-10H,2,6H2,1H3. The fourth-order valence-electron chi connectivity index (χ4n) is 5.12. The Morgan fingerprint density at radius 2 is 1.23 bits per heavy atom. The average molecular weight is 403 g/mol. The van der Waals surface area contributed by atoms with Crippen LogP contribution in [0.3, 0.4) is 0 Å². The zero-order valence-corrected chi connectivity index (χ0v) is 18.4. The number of benzene rings is 5. The molecule has 1 aliphatic rings. The van der Waals surface area contributed by atoms with Crippen LogP contribution in [0, 0.1) is 0 Å². The number of hydrogen-bond acceptors (Lipinski definition) is 0. The van der Waals surface area contributed by atoms with Crippen LogP contribution in [0.5, 0.6) is 0 Å². The summed E-state index contributed by atoms with van der Waals surface area (Å²) in [7, 11) is 0. The van der Waals surface area contributed by atoms with Gasteiger partial charge in [0.05, 0.1) is 0 Å². The van der Waals surface area contributed by atoms with Crippen molar-refractivity contribution < 1.29 is 0 Å². The summed E-state index contributed by atoms with van der Waals surface area (Å²) in [6.07, 6.45) is 7.61. The molecule has 0 spiro atoms. The van der Waals surface area contributed by atoms with E-state index in [1.807, 2.05) is 0 Å². The van der Waals surface area contributed by atoms with Crippen LogP contribution in [0.15, 0.2) is 91.0 Å². The summed E-state index contributed by atoms with van der Waals surface area (Å²) in [6, 6.07) is 33.1. The Morgan fingerprint density at radius 3 is 2.06 bits per heavy atom. The normalized spacial score (nSPS) is 13.1. The molecule has 0 unspecified atom stereocenters. The molecule has 0 aliphatic heterocycles. The fourth-order valence-corrected chi connectivity index (χ4v) is 5.12. The van der Waals surface area contributed by atoms with Gasteiger partial charge in [-0.05, 0) is 81.1 Å². The van der Waals surface area contributed by atoms with E-state index in [-0.39, 0.29) is 0 Å². The summed E-state index contributed by atoms with van der Waals surface area (Å²) < 4.78 is 0. The number of hydrogen-bond donors (Lipinski definition) is 0. The highest BCUT2D eigenvalue weighted by molar-refractivity contribution is 6.08. The minimum absolute atomic E-state index is 1.18. The van der Waals surface area contributed by atoms with E-state index in [9.17, 15) is 0 Å². The van der Waals surface area contributed by atoms with Crippen molar-refractivity contribution in [2.75, 3.05) is 0 Å². The van der Waals surface area contributed by atoms with Gasteiger partial charge in [-0.15, -0.1) is 0 Å². The Kier molecular flexibility index (Phi) is 5.71. The van der Waals surface area contributed by atoms with E-state index < -0.39 is 0 Å². The van der Waals surface area contributed by atoms with E-state index in [1.54, 1.807) is 11.1 Å². The first-order chi connectivity index (χ1) is 15.3. The molecule has 1 aliphatic carbocycles. The van der Waals surface area contributed by atoms with Crippen LogP contribution in [0.1, 0.15) is 42.9 Å². The molecule has 0 atom stereocenters. The zero-order chi connectivity index (χ0) is 21.0. The van der Waals surface area contributed by atoms with E-state index in [0.717, 1.165) is 0 Å². The highest BCUT2D eigenvalue weighted by atomic mass is 14.2. The van der Waals surface area contributed by atoms with E-state index in [2.05, 4.69) is 97.9 Å². The van der Waals surface area contributed by atoms with Gasteiger partial charge < -0.3 is 0 Å². The highest BCUT2D eigenvalue weighted by Crippen LogP contribution is 2.33. The highest BCUT2D eigenvalue weighted by Gasteiger charge is 2.13. The first-order valence-corrected chi connectivity index (χ1v) is 11.7. The molecule has 0 fully saturated rings. The maximum absolute atomic E-state index is 2.35. The van der Waals surface area contributed by atoms with E-state index in [0.29, 0.717) is 0 Å². The Hall–Kier alpha value is -3.12. The van der Waals surface area contributed by atoms with Gasteiger partial charge in [-0.2, -0.15) is 0 Å². The van der Waals surface area contributed by atoms with Gasteiger partial charge in [0.15, 0.2) is 0 Å². The van der Waals surface area contributed by atoms with Crippen molar-refractivity contribution >= 4 is 32.3 Å². The van der Waals surface area contributed by atoms with Crippen molar-refractivity contribution in [1.29, 1.82) is 0 Å². The molecule has 0 nitrogen and oxygen atoms in total. The molecule has 0 bridgehead atoms. The third-order valence-electron chi connectivity index (χ3n) is 6.66. The Balaban J connectivity index is 0.000000140. The summed E-state index contributed by atoms with van der Waals surface area (Å²) in [4.78, 5) is 0. The molecule has 0 saturated carbocycles. The minimum atomic E-state index is 1.18. The van der Waals surface area contributed by atoms with Gasteiger partial charge >= 0.3 is 0 Å². The third kappa shape index (κ3) is 3.95. The summed E-state index contributed by atoms with van der Waals surface area (Å²) in [5.74, 6) is 0. The lowest BCUT2D eigenvalue weighted by Gasteiger charge is -2.18. The van der Waals surface area contributed by atoms with Crippen molar-refractivity contribution in [3.63, 3.8) is 0 Å². The first-order valence-electron chi connectivity index (χ1n) is 11.7. The molecule has 0 radical (unpaired) electrons. The lowest BCUT2D eigenvalue weighted by atomic mass is 9.86. The molecule has 31 heavy (non-hydrogen) atoms. The second kappa shape index (κ2) is 8.94. The van der Waals surface area contributed by atoms with Gasteiger partial charge in [0.1, 0.15) is 0 Å². The molecule has 0 amide bonds. The van der Waals surface area contributed by atoms with E-state index in [4.69, 9.17) is 0 Å². The number of fused-ring (bicyclic) bond motifs is 6. The molecule has 5 aromatic rings. The Morgan fingerprint density at radius 1 is 0.548 bits per heavy atom. The van der Waals surface area contributed by atoms with E-state index >= 15 is 0 Å². The van der Waals surface area contributed by atoms with Crippen molar-refractivity contribution in [2.24, 2.45) is 0 Å². The Labute approximate surface area is 185 Å². The van der Waals surface area contributed by atoms with Gasteiger partial charge in [-0.3, -0.25) is 0 Å². The zero-order valence-electron chi connectivity index (χ0n) is 18.4. The molecule has 0 heteroatoms. The molecule has 0 aromatic heterocycles. The minimum Gasteiger partial charge on any atom is -0.0651 e. The fraction of sp³-hybridized carbons (Fsp3) is 0.226. The number of aryl methyl sites for hydroxylation is 3. The molecule has 0 saturated heterocycles. The van der Waals surface area contributed by atoms with E-state index in [1.165, 1.54) is 76.4 Å². The van der Waals surface area contributed by atoms with Crippen LogP contribution < -0.4 is 0 Å². The summed E-state index contributed by atoms with van der Waals surface area (Å²) >= 11 is 0. The molecular weight excluding hydrogens is 372 g/mol. The predicted octanol–water partition coefficient (Wildman–Crippen LogP) is 8.66. The Bertz CT molecular complexity index is 1340. The van der Waals surface area contributed by atoms with Gasteiger partial charge in [-0.25, -0.2) is 0 Å². The second-order valence-electron chi connectivity index (χ2n) is 8.68. The molecule has 5 aromatic carbocycles. The topological polar surface area (TPSA) is 0 Å². The van der Waals surface area contributed by atoms with Crippen molar-refractivity contribution in [3.8, 4) is 0 Å². The van der Waals surface area contributed by atoms with Gasteiger partial charge in [0, 0.05) is 0 Å². The second-order valence-corrected chi connectivity index (χ2v) is 8.68. The van der Waals surface area contributed by atoms with Crippen LogP contribution >= 0.6 is 0 Å². The van der Waals surface area contributed by atoms with Gasteiger partial charge in [0.25, 0.3) is 0 Å². The molecular formula is C31H30. The van der Waals surface area contributed by atoms with Crippen LogP contribution in [0.2, 0.25) is 0 Å². The monoisotopic (exact) mass is 402 g/mol. The van der Waals surface area contributed by atoms with Crippen LogP contribution in [-0.2, 0) is 19.3 Å². The first kappa shape index (κ1) is 19.8. The van der Waals surface area contributed by atoms with Gasteiger partial charge in [0.2, 0.25) is 0 Å². The van der Waals surface area contributed by atoms with Crippen molar-refractivity contribution in [2.45, 2.75) is 45.4 Å². The smallest absolute Gasteiger partial charge is 0.0102 e. The lowest BCUT2D eigenvalue weighted by molar-refractivity contribution is 0.690. The maximum Gasteiger partial charge on any atom is -0.0102 e. The third-order valence-corrected chi connectivity index (χ3v) is 6.66. The summed E-state index contributed by atoms with van der Waals surface area (Å²) in [6.45, 7) is 2.22. The number of rotatable bonds is 2. The predicted molar refractivity (Wildman–Crippen MR) is 136 cm³/mol. The lowest BCUT2D eigenvalue weighted by Crippen LogP contribution is -2.02. The quantitative estimate of drug-likeness (QED) is 0.259.